The van der Waals surface area contributed by atoms with Gasteiger partial charge in [0.1, 0.15) is 5.75 Å². The van der Waals surface area contributed by atoms with Crippen LogP contribution in [0.3, 0.4) is 0 Å². The maximum Gasteiger partial charge on any atom is 0.118 e. The molecule has 0 spiro atoms. The fourth-order valence-corrected chi connectivity index (χ4v) is 1.92. The molecule has 1 aliphatic heterocycles. The van der Waals surface area contributed by atoms with Crippen molar-refractivity contribution in [3.8, 4) is 5.75 Å². The van der Waals surface area contributed by atoms with Crippen molar-refractivity contribution in [1.82, 2.24) is 4.90 Å². The number of rotatable bonds is 3. The molecular weight excluding hydrogens is 182 g/mol. The Morgan fingerprint density at radius 1 is 1.31 bits per heavy atom. The second kappa shape index (κ2) is 4.03. The van der Waals surface area contributed by atoms with Gasteiger partial charge in [-0.2, -0.15) is 0 Å². The lowest BCUT2D eigenvalue weighted by Crippen LogP contribution is -2.31. The van der Waals surface area contributed by atoms with Crippen LogP contribution in [0.5, 0.6) is 5.75 Å². The molecule has 1 aromatic carbocycles. The van der Waals surface area contributed by atoms with Crippen molar-refractivity contribution in [1.29, 1.82) is 0 Å². The van der Waals surface area contributed by atoms with E-state index in [4.69, 9.17) is 4.74 Å². The summed E-state index contributed by atoms with van der Waals surface area (Å²) in [4.78, 5) is 2.41. The number of hydrogen-bond acceptors (Lipinski definition) is 3. The van der Waals surface area contributed by atoms with E-state index in [1.807, 2.05) is 23.9 Å². The number of thioether (sulfide) groups is 1. The van der Waals surface area contributed by atoms with Crippen LogP contribution in [0.25, 0.3) is 0 Å². The van der Waals surface area contributed by atoms with Crippen molar-refractivity contribution in [2.45, 2.75) is 6.54 Å². The third-order valence-electron chi connectivity index (χ3n) is 2.11. The van der Waals surface area contributed by atoms with E-state index in [9.17, 15) is 0 Å². The molecule has 1 aromatic rings. The molecule has 0 N–H and O–H groups in total. The first-order valence-electron chi connectivity index (χ1n) is 4.31. The van der Waals surface area contributed by atoms with Gasteiger partial charge in [0.25, 0.3) is 0 Å². The number of hydrogen-bond donors (Lipinski definition) is 0. The zero-order chi connectivity index (χ0) is 9.10. The maximum atomic E-state index is 5.10. The highest BCUT2D eigenvalue weighted by molar-refractivity contribution is 8.00. The van der Waals surface area contributed by atoms with Crippen LogP contribution in [-0.4, -0.2) is 23.8 Å². The molecule has 2 nitrogen and oxygen atoms in total. The zero-order valence-corrected chi connectivity index (χ0v) is 8.51. The normalized spacial score (nSPS) is 16.7. The highest BCUT2D eigenvalue weighted by Crippen LogP contribution is 2.21. The Morgan fingerprint density at radius 3 is 2.46 bits per heavy atom. The van der Waals surface area contributed by atoms with Gasteiger partial charge < -0.3 is 4.74 Å². The van der Waals surface area contributed by atoms with Gasteiger partial charge in [0.05, 0.1) is 7.11 Å². The summed E-state index contributed by atoms with van der Waals surface area (Å²) in [6.07, 6.45) is 0. The number of ether oxygens (including phenoxy) is 1. The molecule has 3 heteroatoms. The molecule has 2 rings (SSSR count). The van der Waals surface area contributed by atoms with Crippen LogP contribution >= 0.6 is 11.8 Å². The van der Waals surface area contributed by atoms with Gasteiger partial charge in [0.15, 0.2) is 0 Å². The number of methoxy groups -OCH3 is 1. The standard InChI is InChI=1S/C10H13NOS/c1-12-10-4-2-9(3-5-10)6-11-7-13-8-11/h2-5H,6-8H2,1H3. The van der Waals surface area contributed by atoms with Crippen molar-refractivity contribution in [3.05, 3.63) is 29.8 Å². The first-order valence-corrected chi connectivity index (χ1v) is 5.47. The molecule has 1 fully saturated rings. The Bertz CT molecular complexity index is 269. The molecule has 70 valence electrons. The van der Waals surface area contributed by atoms with E-state index in [-0.39, 0.29) is 0 Å². The third-order valence-corrected chi connectivity index (χ3v) is 3.21. The Hall–Kier alpha value is -0.670. The van der Waals surface area contributed by atoms with Crippen molar-refractivity contribution in [2.75, 3.05) is 18.9 Å². The minimum Gasteiger partial charge on any atom is -0.497 e. The van der Waals surface area contributed by atoms with E-state index in [2.05, 4.69) is 17.0 Å². The van der Waals surface area contributed by atoms with Gasteiger partial charge in [-0.05, 0) is 17.7 Å². The summed E-state index contributed by atoms with van der Waals surface area (Å²) in [5.74, 6) is 3.28. The van der Waals surface area contributed by atoms with Gasteiger partial charge in [-0.1, -0.05) is 12.1 Å². The van der Waals surface area contributed by atoms with Gasteiger partial charge in [0.2, 0.25) is 0 Å². The van der Waals surface area contributed by atoms with Gasteiger partial charge in [0, 0.05) is 18.3 Å². The van der Waals surface area contributed by atoms with E-state index in [0.29, 0.717) is 0 Å². The van der Waals surface area contributed by atoms with Crippen LogP contribution < -0.4 is 4.74 Å². The second-order valence-electron chi connectivity index (χ2n) is 3.14. The Labute approximate surface area is 82.9 Å². The van der Waals surface area contributed by atoms with Crippen molar-refractivity contribution < 1.29 is 4.74 Å². The molecule has 0 aromatic heterocycles. The molecule has 0 saturated carbocycles. The Morgan fingerprint density at radius 2 is 2.00 bits per heavy atom. The van der Waals surface area contributed by atoms with E-state index < -0.39 is 0 Å². The van der Waals surface area contributed by atoms with Crippen LogP contribution in [0.1, 0.15) is 5.56 Å². The monoisotopic (exact) mass is 195 g/mol. The number of nitrogens with zero attached hydrogens (tertiary/aromatic N) is 1. The molecule has 0 atom stereocenters. The molecule has 13 heavy (non-hydrogen) atoms. The number of benzene rings is 1. The molecule has 1 aliphatic rings. The lowest BCUT2D eigenvalue weighted by molar-refractivity contribution is 0.341. The molecule has 1 saturated heterocycles. The predicted molar refractivity (Wildman–Crippen MR) is 55.9 cm³/mol. The molecule has 0 radical (unpaired) electrons. The molecule has 1 heterocycles. The molecule has 0 unspecified atom stereocenters. The van der Waals surface area contributed by atoms with Crippen LogP contribution in [0.4, 0.5) is 0 Å². The van der Waals surface area contributed by atoms with Gasteiger partial charge in [-0.15, -0.1) is 11.8 Å². The summed E-state index contributed by atoms with van der Waals surface area (Å²) in [6.45, 7) is 1.07. The minimum absolute atomic E-state index is 0.932. The third kappa shape index (κ3) is 2.17. The predicted octanol–water partition coefficient (Wildman–Crippen LogP) is 2.16. The highest BCUT2D eigenvalue weighted by atomic mass is 32.2. The van der Waals surface area contributed by atoms with Gasteiger partial charge >= 0.3 is 0 Å². The van der Waals surface area contributed by atoms with Crippen LogP contribution in [0.2, 0.25) is 0 Å². The minimum atomic E-state index is 0.932. The van der Waals surface area contributed by atoms with Gasteiger partial charge in [-0.25, -0.2) is 0 Å². The highest BCUT2D eigenvalue weighted by Gasteiger charge is 2.13. The van der Waals surface area contributed by atoms with E-state index in [1.165, 1.54) is 17.3 Å². The fraction of sp³-hybridized carbons (Fsp3) is 0.400. The van der Waals surface area contributed by atoms with Crippen molar-refractivity contribution >= 4 is 11.8 Å². The van der Waals surface area contributed by atoms with Gasteiger partial charge in [-0.3, -0.25) is 4.90 Å². The summed E-state index contributed by atoms with van der Waals surface area (Å²) in [5.41, 5.74) is 1.36. The summed E-state index contributed by atoms with van der Waals surface area (Å²) in [7, 11) is 1.70. The second-order valence-corrected chi connectivity index (χ2v) is 4.06. The van der Waals surface area contributed by atoms with Crippen LogP contribution in [0.15, 0.2) is 24.3 Å². The lowest BCUT2D eigenvalue weighted by Gasteiger charge is -2.29. The van der Waals surface area contributed by atoms with E-state index in [0.717, 1.165) is 12.3 Å². The maximum absolute atomic E-state index is 5.10. The average molecular weight is 195 g/mol. The van der Waals surface area contributed by atoms with E-state index in [1.54, 1.807) is 7.11 Å². The fourth-order valence-electron chi connectivity index (χ4n) is 1.30. The SMILES string of the molecule is COc1ccc(CN2CSC2)cc1. The van der Waals surface area contributed by atoms with Crippen LogP contribution in [-0.2, 0) is 6.54 Å². The van der Waals surface area contributed by atoms with Crippen LogP contribution in [0, 0.1) is 0 Å². The molecular formula is C10H13NOS. The topological polar surface area (TPSA) is 12.5 Å². The first-order chi connectivity index (χ1) is 6.38. The average Bonchev–Trinajstić information content (AvgIpc) is 2.12. The molecule has 0 bridgehead atoms. The zero-order valence-electron chi connectivity index (χ0n) is 7.69. The van der Waals surface area contributed by atoms with Crippen molar-refractivity contribution in [3.63, 3.8) is 0 Å². The quantitative estimate of drug-likeness (QED) is 0.733. The van der Waals surface area contributed by atoms with E-state index >= 15 is 0 Å². The Kier molecular flexibility index (Phi) is 2.76. The lowest BCUT2D eigenvalue weighted by atomic mass is 10.2. The first kappa shape index (κ1) is 8.91. The summed E-state index contributed by atoms with van der Waals surface area (Å²) >= 11 is 1.97. The smallest absolute Gasteiger partial charge is 0.118 e. The molecule has 0 amide bonds. The Balaban J connectivity index is 1.96. The summed E-state index contributed by atoms with van der Waals surface area (Å²) < 4.78 is 5.10. The summed E-state index contributed by atoms with van der Waals surface area (Å²) in [6, 6.07) is 8.29. The summed E-state index contributed by atoms with van der Waals surface area (Å²) in [5, 5.41) is 0. The largest absolute Gasteiger partial charge is 0.497 e. The van der Waals surface area contributed by atoms with Crippen molar-refractivity contribution in [2.24, 2.45) is 0 Å². The molecule has 0 aliphatic carbocycles.